The van der Waals surface area contributed by atoms with Gasteiger partial charge in [0.1, 0.15) is 11.5 Å². The number of thiazole rings is 1. The minimum Gasteiger partial charge on any atom is -0.497 e. The van der Waals surface area contributed by atoms with Crippen LogP contribution in [-0.2, 0) is 17.8 Å². The SMILES string of the molecule is COc1ccc(OC)c(CNC(=O)Cc2csc3nc(-c4ccc(C)c(C)c4)cn23)c1. The molecule has 0 saturated heterocycles. The van der Waals surface area contributed by atoms with Crippen molar-refractivity contribution in [3.63, 3.8) is 0 Å². The Balaban J connectivity index is 1.48. The molecule has 0 aliphatic heterocycles. The molecule has 0 fully saturated rings. The number of imidazole rings is 1. The summed E-state index contributed by atoms with van der Waals surface area (Å²) in [6.07, 6.45) is 2.28. The third-order valence-electron chi connectivity index (χ3n) is 5.39. The van der Waals surface area contributed by atoms with Crippen molar-refractivity contribution in [2.24, 2.45) is 0 Å². The first-order chi connectivity index (χ1) is 15.0. The van der Waals surface area contributed by atoms with Crippen molar-refractivity contribution in [2.75, 3.05) is 14.2 Å². The van der Waals surface area contributed by atoms with Gasteiger partial charge in [0, 0.05) is 34.9 Å². The third-order valence-corrected chi connectivity index (χ3v) is 6.28. The normalized spacial score (nSPS) is 11.0. The van der Waals surface area contributed by atoms with Gasteiger partial charge in [-0.15, -0.1) is 11.3 Å². The van der Waals surface area contributed by atoms with Crippen molar-refractivity contribution in [2.45, 2.75) is 26.8 Å². The number of nitrogens with one attached hydrogen (secondary N) is 1. The molecule has 7 heteroatoms. The molecule has 0 unspecified atom stereocenters. The van der Waals surface area contributed by atoms with Crippen molar-refractivity contribution < 1.29 is 14.3 Å². The average Bonchev–Trinajstić information content (AvgIpc) is 3.36. The smallest absolute Gasteiger partial charge is 0.226 e. The first kappa shape index (κ1) is 20.9. The first-order valence-electron chi connectivity index (χ1n) is 9.99. The molecule has 160 valence electrons. The summed E-state index contributed by atoms with van der Waals surface area (Å²) < 4.78 is 12.7. The van der Waals surface area contributed by atoms with Crippen LogP contribution in [0, 0.1) is 13.8 Å². The van der Waals surface area contributed by atoms with Crippen LogP contribution in [0.15, 0.2) is 48.0 Å². The number of amides is 1. The summed E-state index contributed by atoms with van der Waals surface area (Å²) in [7, 11) is 3.23. The molecule has 4 rings (SSSR count). The predicted molar refractivity (Wildman–Crippen MR) is 123 cm³/mol. The van der Waals surface area contributed by atoms with Crippen LogP contribution >= 0.6 is 11.3 Å². The maximum Gasteiger partial charge on any atom is 0.226 e. The third kappa shape index (κ3) is 4.41. The van der Waals surface area contributed by atoms with Crippen LogP contribution in [0.1, 0.15) is 22.4 Å². The maximum absolute atomic E-state index is 12.6. The summed E-state index contributed by atoms with van der Waals surface area (Å²) in [5, 5.41) is 4.96. The highest BCUT2D eigenvalue weighted by molar-refractivity contribution is 7.15. The van der Waals surface area contributed by atoms with Gasteiger partial charge >= 0.3 is 0 Å². The maximum atomic E-state index is 12.6. The zero-order valence-corrected chi connectivity index (χ0v) is 18.9. The number of fused-ring (bicyclic) bond motifs is 1. The molecule has 4 aromatic rings. The van der Waals surface area contributed by atoms with Crippen LogP contribution in [0.2, 0.25) is 0 Å². The number of aryl methyl sites for hydroxylation is 2. The summed E-state index contributed by atoms with van der Waals surface area (Å²) >= 11 is 1.54. The van der Waals surface area contributed by atoms with Gasteiger partial charge in [-0.3, -0.25) is 9.20 Å². The highest BCUT2D eigenvalue weighted by Crippen LogP contribution is 2.26. The van der Waals surface area contributed by atoms with Crippen LogP contribution < -0.4 is 14.8 Å². The van der Waals surface area contributed by atoms with Gasteiger partial charge in [0.15, 0.2) is 4.96 Å². The van der Waals surface area contributed by atoms with Crippen LogP contribution in [0.3, 0.4) is 0 Å². The quantitative estimate of drug-likeness (QED) is 0.462. The van der Waals surface area contributed by atoms with Crippen LogP contribution in [0.4, 0.5) is 0 Å². The minimum atomic E-state index is -0.0639. The van der Waals surface area contributed by atoms with E-state index in [9.17, 15) is 4.79 Å². The van der Waals surface area contributed by atoms with E-state index in [1.807, 2.05) is 34.2 Å². The molecule has 0 spiro atoms. The average molecular weight is 436 g/mol. The van der Waals surface area contributed by atoms with Gasteiger partial charge in [-0.05, 0) is 49.2 Å². The molecular formula is C24H25N3O3S. The zero-order valence-electron chi connectivity index (χ0n) is 18.1. The molecule has 1 amide bonds. The number of aromatic nitrogens is 2. The fourth-order valence-electron chi connectivity index (χ4n) is 3.44. The van der Waals surface area contributed by atoms with E-state index >= 15 is 0 Å². The predicted octanol–water partition coefficient (Wildman–Crippen LogP) is 4.56. The van der Waals surface area contributed by atoms with Crippen molar-refractivity contribution in [3.05, 3.63) is 70.4 Å². The Bertz CT molecular complexity index is 1240. The summed E-state index contributed by atoms with van der Waals surface area (Å²) in [5.41, 5.74) is 6.27. The molecule has 0 aliphatic carbocycles. The Hall–Kier alpha value is -3.32. The van der Waals surface area contributed by atoms with E-state index in [2.05, 4.69) is 37.4 Å². The molecule has 31 heavy (non-hydrogen) atoms. The number of carbonyl (C=O) groups excluding carboxylic acids is 1. The standard InChI is InChI=1S/C24H25N3O3S/c1-15-5-6-17(9-16(15)2)21-13-27-19(14-31-24(27)26-21)11-23(28)25-12-18-10-20(29-3)7-8-22(18)30-4/h5-10,13-14H,11-12H2,1-4H3,(H,25,28). The molecule has 0 saturated carbocycles. The number of ether oxygens (including phenoxy) is 2. The zero-order chi connectivity index (χ0) is 22.0. The van der Waals surface area contributed by atoms with Crippen molar-refractivity contribution >= 4 is 22.2 Å². The van der Waals surface area contributed by atoms with Gasteiger partial charge in [-0.1, -0.05) is 12.1 Å². The van der Waals surface area contributed by atoms with E-state index in [1.54, 1.807) is 14.2 Å². The van der Waals surface area contributed by atoms with Gasteiger partial charge in [-0.25, -0.2) is 4.98 Å². The fraction of sp³-hybridized carbons (Fsp3) is 0.250. The molecule has 2 aromatic heterocycles. The number of benzene rings is 2. The topological polar surface area (TPSA) is 64.9 Å². The number of hydrogen-bond acceptors (Lipinski definition) is 5. The summed E-state index contributed by atoms with van der Waals surface area (Å²) in [4.78, 5) is 18.2. The van der Waals surface area contributed by atoms with E-state index in [-0.39, 0.29) is 12.3 Å². The van der Waals surface area contributed by atoms with Gasteiger partial charge < -0.3 is 14.8 Å². The molecule has 0 aliphatic rings. The molecule has 1 N–H and O–H groups in total. The minimum absolute atomic E-state index is 0.0639. The number of rotatable bonds is 7. The van der Waals surface area contributed by atoms with Gasteiger partial charge in [0.2, 0.25) is 5.91 Å². The molecular weight excluding hydrogens is 410 g/mol. The van der Waals surface area contributed by atoms with E-state index in [4.69, 9.17) is 14.5 Å². The molecule has 2 aromatic carbocycles. The fourth-order valence-corrected chi connectivity index (χ4v) is 4.31. The Labute approximate surface area is 185 Å². The number of methoxy groups -OCH3 is 2. The lowest BCUT2D eigenvalue weighted by atomic mass is 10.0. The Morgan fingerprint density at radius 3 is 2.68 bits per heavy atom. The van der Waals surface area contributed by atoms with E-state index < -0.39 is 0 Å². The number of hydrogen-bond donors (Lipinski definition) is 1. The highest BCUT2D eigenvalue weighted by Gasteiger charge is 2.14. The van der Waals surface area contributed by atoms with Crippen molar-refractivity contribution in [1.82, 2.24) is 14.7 Å². The lowest BCUT2D eigenvalue weighted by molar-refractivity contribution is -0.120. The highest BCUT2D eigenvalue weighted by atomic mass is 32.1. The van der Waals surface area contributed by atoms with E-state index in [0.717, 1.165) is 33.2 Å². The molecule has 0 atom stereocenters. The molecule has 0 radical (unpaired) electrons. The lowest BCUT2D eigenvalue weighted by Gasteiger charge is -2.11. The van der Waals surface area contributed by atoms with E-state index in [0.29, 0.717) is 12.3 Å². The van der Waals surface area contributed by atoms with Crippen molar-refractivity contribution in [1.29, 1.82) is 0 Å². The van der Waals surface area contributed by atoms with Crippen LogP contribution in [0.5, 0.6) is 11.5 Å². The second kappa shape index (κ2) is 8.81. The van der Waals surface area contributed by atoms with Gasteiger partial charge in [0.25, 0.3) is 0 Å². The number of carbonyl (C=O) groups is 1. The van der Waals surface area contributed by atoms with Gasteiger partial charge in [0.05, 0.1) is 26.3 Å². The van der Waals surface area contributed by atoms with Crippen LogP contribution in [-0.4, -0.2) is 29.5 Å². The van der Waals surface area contributed by atoms with Crippen molar-refractivity contribution in [3.8, 4) is 22.8 Å². The summed E-state index contributed by atoms with van der Waals surface area (Å²) in [6, 6.07) is 11.9. The van der Waals surface area contributed by atoms with E-state index in [1.165, 1.54) is 22.5 Å². The Kier molecular flexibility index (Phi) is 5.95. The number of nitrogens with zero attached hydrogens (tertiary/aromatic N) is 2. The lowest BCUT2D eigenvalue weighted by Crippen LogP contribution is -2.25. The Morgan fingerprint density at radius 1 is 1.10 bits per heavy atom. The van der Waals surface area contributed by atoms with Crippen LogP contribution in [0.25, 0.3) is 16.2 Å². The second-order valence-corrected chi connectivity index (χ2v) is 8.27. The first-order valence-corrected chi connectivity index (χ1v) is 10.9. The summed E-state index contributed by atoms with van der Waals surface area (Å²) in [5.74, 6) is 1.37. The molecule has 2 heterocycles. The summed E-state index contributed by atoms with van der Waals surface area (Å²) in [6.45, 7) is 4.57. The molecule has 6 nitrogen and oxygen atoms in total. The van der Waals surface area contributed by atoms with Gasteiger partial charge in [-0.2, -0.15) is 0 Å². The molecule has 0 bridgehead atoms. The Morgan fingerprint density at radius 2 is 1.94 bits per heavy atom. The largest absolute Gasteiger partial charge is 0.497 e. The monoisotopic (exact) mass is 435 g/mol. The second-order valence-electron chi connectivity index (χ2n) is 7.44.